The number of amides is 2. The lowest BCUT2D eigenvalue weighted by molar-refractivity contribution is -0.151. The van der Waals surface area contributed by atoms with Gasteiger partial charge in [0.1, 0.15) is 6.61 Å². The molecule has 0 aliphatic heterocycles. The molecule has 2 aromatic rings. The summed E-state index contributed by atoms with van der Waals surface area (Å²) in [5, 5.41) is 11.9. The van der Waals surface area contributed by atoms with Crippen LogP contribution in [0.5, 0.6) is 0 Å². The normalized spacial score (nSPS) is 19.4. The maximum atomic E-state index is 13.0. The average molecular weight is 465 g/mol. The van der Waals surface area contributed by atoms with Gasteiger partial charge in [-0.3, -0.25) is 9.59 Å². The molecule has 0 aromatic heterocycles. The van der Waals surface area contributed by atoms with Gasteiger partial charge in [0.25, 0.3) is 0 Å². The molecule has 7 nitrogen and oxygen atoms in total. The van der Waals surface area contributed by atoms with Gasteiger partial charge in [-0.1, -0.05) is 61.9 Å². The summed E-state index contributed by atoms with van der Waals surface area (Å²) in [5.74, 6) is -1.62. The number of aliphatic carboxylic acids is 1. The standard InChI is InChI=1S/C27H32N2O5/c1-3-8-17(25(30)29(2)19-13-18(14-19)26(31)32)15-28-27(33)34-16-24-22-11-6-4-9-20(22)21-10-5-7-12-23(21)24/h4-7,9-12,17-19,24H,3,8,13-16H2,1-2H3,(H,28,33)(H,31,32). The number of carbonyl (C=O) groups excluding carboxylic acids is 2. The van der Waals surface area contributed by atoms with Crippen LogP contribution < -0.4 is 5.32 Å². The predicted octanol–water partition coefficient (Wildman–Crippen LogP) is 4.26. The number of ether oxygens (including phenoxy) is 1. The van der Waals surface area contributed by atoms with Crippen LogP contribution in [0.2, 0.25) is 0 Å². The second-order valence-corrected chi connectivity index (χ2v) is 9.30. The van der Waals surface area contributed by atoms with Gasteiger partial charge < -0.3 is 20.1 Å². The quantitative estimate of drug-likeness (QED) is 0.578. The molecule has 1 atom stereocenters. The van der Waals surface area contributed by atoms with E-state index in [2.05, 4.69) is 29.6 Å². The first kappa shape index (κ1) is 23.8. The van der Waals surface area contributed by atoms with Crippen molar-refractivity contribution in [3.8, 4) is 11.1 Å². The molecule has 0 bridgehead atoms. The number of hydrogen-bond donors (Lipinski definition) is 2. The number of carboxylic acids is 1. The van der Waals surface area contributed by atoms with Crippen LogP contribution in [0.15, 0.2) is 48.5 Å². The minimum absolute atomic E-state index is 0.0156. The van der Waals surface area contributed by atoms with Crippen LogP contribution in [0.1, 0.15) is 49.7 Å². The first-order chi connectivity index (χ1) is 16.4. The number of nitrogens with zero attached hydrogens (tertiary/aromatic N) is 1. The van der Waals surface area contributed by atoms with Gasteiger partial charge in [-0.25, -0.2) is 4.79 Å². The molecule has 0 radical (unpaired) electrons. The molecule has 0 saturated heterocycles. The highest BCUT2D eigenvalue weighted by molar-refractivity contribution is 5.81. The highest BCUT2D eigenvalue weighted by atomic mass is 16.5. The number of rotatable bonds is 9. The van der Waals surface area contributed by atoms with Crippen molar-refractivity contribution in [3.05, 3.63) is 59.7 Å². The Bertz CT molecular complexity index is 1020. The molecule has 7 heteroatoms. The Hall–Kier alpha value is -3.35. The van der Waals surface area contributed by atoms with Crippen molar-refractivity contribution in [2.75, 3.05) is 20.2 Å². The summed E-state index contributed by atoms with van der Waals surface area (Å²) < 4.78 is 5.59. The summed E-state index contributed by atoms with van der Waals surface area (Å²) in [5.41, 5.74) is 4.64. The highest BCUT2D eigenvalue weighted by Crippen LogP contribution is 2.44. The van der Waals surface area contributed by atoms with Crippen LogP contribution >= 0.6 is 0 Å². The molecular weight excluding hydrogens is 432 g/mol. The lowest BCUT2D eigenvalue weighted by atomic mass is 9.79. The molecule has 4 rings (SSSR count). The van der Waals surface area contributed by atoms with Gasteiger partial charge in [-0.2, -0.15) is 0 Å². The molecule has 34 heavy (non-hydrogen) atoms. The lowest BCUT2D eigenvalue weighted by Crippen LogP contribution is -2.50. The van der Waals surface area contributed by atoms with Crippen molar-refractivity contribution in [2.24, 2.45) is 11.8 Å². The Morgan fingerprint density at radius 1 is 1.06 bits per heavy atom. The van der Waals surface area contributed by atoms with E-state index in [-0.39, 0.29) is 42.9 Å². The van der Waals surface area contributed by atoms with E-state index in [9.17, 15) is 14.4 Å². The van der Waals surface area contributed by atoms with Gasteiger partial charge in [0.05, 0.1) is 11.8 Å². The maximum Gasteiger partial charge on any atom is 0.407 e. The minimum atomic E-state index is -0.806. The van der Waals surface area contributed by atoms with Crippen LogP contribution in [-0.4, -0.2) is 54.2 Å². The summed E-state index contributed by atoms with van der Waals surface area (Å²) in [6.45, 7) is 2.42. The molecule has 1 fully saturated rings. The van der Waals surface area contributed by atoms with E-state index in [0.29, 0.717) is 19.3 Å². The van der Waals surface area contributed by atoms with Gasteiger partial charge >= 0.3 is 12.1 Å². The number of hydrogen-bond acceptors (Lipinski definition) is 4. The first-order valence-electron chi connectivity index (χ1n) is 12.0. The molecule has 2 aliphatic carbocycles. The fourth-order valence-electron chi connectivity index (χ4n) is 5.09. The van der Waals surface area contributed by atoms with Crippen molar-refractivity contribution in [2.45, 2.75) is 44.6 Å². The van der Waals surface area contributed by atoms with E-state index in [1.165, 1.54) is 11.1 Å². The molecule has 0 spiro atoms. The van der Waals surface area contributed by atoms with Gasteiger partial charge in [-0.05, 0) is 41.5 Å². The number of alkyl carbamates (subject to hydrolysis) is 1. The Balaban J connectivity index is 1.31. The summed E-state index contributed by atoms with van der Waals surface area (Å²) in [7, 11) is 1.72. The van der Waals surface area contributed by atoms with E-state index in [0.717, 1.165) is 17.5 Å². The fourth-order valence-corrected chi connectivity index (χ4v) is 5.09. The molecule has 2 amide bonds. The third-order valence-corrected chi connectivity index (χ3v) is 7.18. The number of carboxylic acid groups (broad SMARTS) is 1. The van der Waals surface area contributed by atoms with Crippen LogP contribution in [0.3, 0.4) is 0 Å². The molecule has 0 heterocycles. The van der Waals surface area contributed by atoms with Crippen LogP contribution in [0.25, 0.3) is 11.1 Å². The smallest absolute Gasteiger partial charge is 0.407 e. The third kappa shape index (κ3) is 4.79. The Morgan fingerprint density at radius 2 is 1.65 bits per heavy atom. The minimum Gasteiger partial charge on any atom is -0.481 e. The second-order valence-electron chi connectivity index (χ2n) is 9.30. The zero-order valence-corrected chi connectivity index (χ0v) is 19.7. The Morgan fingerprint density at radius 3 is 2.21 bits per heavy atom. The van der Waals surface area contributed by atoms with E-state index in [1.807, 2.05) is 31.2 Å². The maximum absolute atomic E-state index is 13.0. The molecule has 2 N–H and O–H groups in total. The summed E-state index contributed by atoms with van der Waals surface area (Å²) in [6.07, 6.45) is 1.88. The molecule has 2 aliphatic rings. The van der Waals surface area contributed by atoms with Gasteiger partial charge in [0.2, 0.25) is 5.91 Å². The summed E-state index contributed by atoms with van der Waals surface area (Å²) in [4.78, 5) is 38.2. The zero-order chi connectivity index (χ0) is 24.2. The SMILES string of the molecule is CCCC(CNC(=O)OCC1c2ccccc2-c2ccccc21)C(=O)N(C)C1CC(C(=O)O)C1. The second kappa shape index (κ2) is 10.3. The van der Waals surface area contributed by atoms with Crippen LogP contribution in [0.4, 0.5) is 4.79 Å². The van der Waals surface area contributed by atoms with Gasteiger partial charge in [-0.15, -0.1) is 0 Å². The Kier molecular flexibility index (Phi) is 7.20. The van der Waals surface area contributed by atoms with Crippen molar-refractivity contribution < 1.29 is 24.2 Å². The number of nitrogens with one attached hydrogen (secondary N) is 1. The monoisotopic (exact) mass is 464 g/mol. The average Bonchev–Trinajstić information content (AvgIpc) is 3.12. The topological polar surface area (TPSA) is 95.9 Å². The van der Waals surface area contributed by atoms with Gasteiger partial charge in [0.15, 0.2) is 0 Å². The molecule has 1 saturated carbocycles. The predicted molar refractivity (Wildman–Crippen MR) is 128 cm³/mol. The van der Waals surface area contributed by atoms with E-state index in [1.54, 1.807) is 11.9 Å². The lowest BCUT2D eigenvalue weighted by Gasteiger charge is -2.40. The van der Waals surface area contributed by atoms with E-state index >= 15 is 0 Å². The largest absolute Gasteiger partial charge is 0.481 e. The molecular formula is C27H32N2O5. The van der Waals surface area contributed by atoms with Crippen molar-refractivity contribution in [1.29, 1.82) is 0 Å². The van der Waals surface area contributed by atoms with Gasteiger partial charge in [0, 0.05) is 25.6 Å². The molecule has 1 unspecified atom stereocenters. The number of fused-ring (bicyclic) bond motifs is 3. The molecule has 180 valence electrons. The number of benzene rings is 2. The van der Waals surface area contributed by atoms with Crippen molar-refractivity contribution in [3.63, 3.8) is 0 Å². The van der Waals surface area contributed by atoms with E-state index in [4.69, 9.17) is 9.84 Å². The van der Waals surface area contributed by atoms with Crippen LogP contribution in [-0.2, 0) is 14.3 Å². The van der Waals surface area contributed by atoms with E-state index < -0.39 is 12.1 Å². The third-order valence-electron chi connectivity index (χ3n) is 7.18. The van der Waals surface area contributed by atoms with Crippen molar-refractivity contribution in [1.82, 2.24) is 10.2 Å². The molecule has 2 aromatic carbocycles. The zero-order valence-electron chi connectivity index (χ0n) is 19.7. The van der Waals surface area contributed by atoms with Crippen LogP contribution in [0, 0.1) is 11.8 Å². The first-order valence-corrected chi connectivity index (χ1v) is 12.0. The summed E-state index contributed by atoms with van der Waals surface area (Å²) >= 11 is 0. The summed E-state index contributed by atoms with van der Waals surface area (Å²) in [6, 6.07) is 16.3. The number of carbonyl (C=O) groups is 3. The van der Waals surface area contributed by atoms with Crippen molar-refractivity contribution >= 4 is 18.0 Å². The highest BCUT2D eigenvalue weighted by Gasteiger charge is 2.39. The Labute approximate surface area is 200 Å². The fraction of sp³-hybridized carbons (Fsp3) is 0.444.